The number of anilines is 1. The van der Waals surface area contributed by atoms with Crippen LogP contribution in [0.3, 0.4) is 0 Å². The Hall–Kier alpha value is -2.18. The van der Waals surface area contributed by atoms with Gasteiger partial charge in [-0.2, -0.15) is 0 Å². The number of rotatable bonds is 5. The standard InChI is InChI=1S/C10H14N4O3/c1-3-11-9(15)6-13-10-7(2)4-8(5-12-10)14(16)17/h4-5H,3,6H2,1-2H3,(H,11,15)(H,12,13). The van der Waals surface area contributed by atoms with Crippen LogP contribution in [0.1, 0.15) is 12.5 Å². The first-order chi connectivity index (χ1) is 8.04. The minimum atomic E-state index is -0.506. The van der Waals surface area contributed by atoms with Crippen molar-refractivity contribution in [3.05, 3.63) is 27.9 Å². The van der Waals surface area contributed by atoms with E-state index in [1.54, 1.807) is 6.92 Å². The number of hydrogen-bond acceptors (Lipinski definition) is 5. The van der Waals surface area contributed by atoms with Gasteiger partial charge in [-0.15, -0.1) is 0 Å². The van der Waals surface area contributed by atoms with Crippen molar-refractivity contribution in [1.29, 1.82) is 0 Å². The van der Waals surface area contributed by atoms with Crippen molar-refractivity contribution in [3.8, 4) is 0 Å². The number of amides is 1. The van der Waals surface area contributed by atoms with E-state index in [0.29, 0.717) is 17.9 Å². The zero-order chi connectivity index (χ0) is 12.8. The summed E-state index contributed by atoms with van der Waals surface area (Å²) in [5.41, 5.74) is 0.564. The van der Waals surface area contributed by atoms with E-state index in [2.05, 4.69) is 15.6 Å². The van der Waals surface area contributed by atoms with E-state index >= 15 is 0 Å². The molecule has 0 unspecified atom stereocenters. The third kappa shape index (κ3) is 3.71. The molecule has 0 aliphatic heterocycles. The van der Waals surface area contributed by atoms with Gasteiger partial charge in [0.15, 0.2) is 0 Å². The lowest BCUT2D eigenvalue weighted by molar-refractivity contribution is -0.385. The van der Waals surface area contributed by atoms with Crippen molar-refractivity contribution in [1.82, 2.24) is 10.3 Å². The second kappa shape index (κ2) is 5.78. The largest absolute Gasteiger partial charge is 0.361 e. The number of aryl methyl sites for hydroxylation is 1. The number of likely N-dealkylation sites (N-methyl/N-ethyl adjacent to an activating group) is 1. The Labute approximate surface area is 98.4 Å². The van der Waals surface area contributed by atoms with Crippen LogP contribution in [0.2, 0.25) is 0 Å². The maximum absolute atomic E-state index is 11.2. The van der Waals surface area contributed by atoms with Gasteiger partial charge in [-0.3, -0.25) is 14.9 Å². The molecule has 1 amide bonds. The highest BCUT2D eigenvalue weighted by atomic mass is 16.6. The fraction of sp³-hybridized carbons (Fsp3) is 0.400. The van der Waals surface area contributed by atoms with Crippen LogP contribution < -0.4 is 10.6 Å². The maximum Gasteiger partial charge on any atom is 0.287 e. The highest BCUT2D eigenvalue weighted by Crippen LogP contribution is 2.17. The monoisotopic (exact) mass is 238 g/mol. The Balaban J connectivity index is 2.66. The summed E-state index contributed by atoms with van der Waals surface area (Å²) < 4.78 is 0. The van der Waals surface area contributed by atoms with Crippen molar-refractivity contribution >= 4 is 17.4 Å². The molecular weight excluding hydrogens is 224 g/mol. The third-order valence-electron chi connectivity index (χ3n) is 2.06. The summed E-state index contributed by atoms with van der Waals surface area (Å²) in [4.78, 5) is 25.1. The molecule has 17 heavy (non-hydrogen) atoms. The number of aromatic nitrogens is 1. The van der Waals surface area contributed by atoms with Crippen LogP contribution >= 0.6 is 0 Å². The molecule has 0 atom stereocenters. The van der Waals surface area contributed by atoms with Gasteiger partial charge in [0, 0.05) is 12.6 Å². The molecule has 1 aromatic heterocycles. The molecule has 7 nitrogen and oxygen atoms in total. The molecule has 7 heteroatoms. The van der Waals surface area contributed by atoms with E-state index in [0.717, 1.165) is 6.20 Å². The minimum Gasteiger partial charge on any atom is -0.361 e. The molecule has 1 aromatic rings. The fourth-order valence-electron chi connectivity index (χ4n) is 1.27. The van der Waals surface area contributed by atoms with Gasteiger partial charge in [0.1, 0.15) is 12.0 Å². The second-order valence-corrected chi connectivity index (χ2v) is 3.42. The van der Waals surface area contributed by atoms with Gasteiger partial charge in [-0.25, -0.2) is 4.98 Å². The lowest BCUT2D eigenvalue weighted by atomic mass is 10.2. The van der Waals surface area contributed by atoms with Gasteiger partial charge in [-0.1, -0.05) is 0 Å². The number of carbonyl (C=O) groups is 1. The molecule has 1 heterocycles. The van der Waals surface area contributed by atoms with Crippen molar-refractivity contribution in [2.24, 2.45) is 0 Å². The first-order valence-electron chi connectivity index (χ1n) is 5.16. The number of nitrogens with zero attached hydrogens (tertiary/aromatic N) is 2. The third-order valence-corrected chi connectivity index (χ3v) is 2.06. The smallest absolute Gasteiger partial charge is 0.287 e. The Morgan fingerprint density at radius 2 is 2.29 bits per heavy atom. The van der Waals surface area contributed by atoms with Gasteiger partial charge in [0.2, 0.25) is 5.91 Å². The molecule has 0 bridgehead atoms. The topological polar surface area (TPSA) is 97.2 Å². The zero-order valence-corrected chi connectivity index (χ0v) is 9.69. The quantitative estimate of drug-likeness (QED) is 0.585. The van der Waals surface area contributed by atoms with Crippen LogP contribution in [0.4, 0.5) is 11.5 Å². The Bertz CT molecular complexity index is 434. The van der Waals surface area contributed by atoms with E-state index in [1.165, 1.54) is 6.07 Å². The van der Waals surface area contributed by atoms with Crippen LogP contribution in [0.15, 0.2) is 12.3 Å². The van der Waals surface area contributed by atoms with Crippen LogP contribution in [0.25, 0.3) is 0 Å². The number of nitrogens with one attached hydrogen (secondary N) is 2. The molecule has 92 valence electrons. The first-order valence-corrected chi connectivity index (χ1v) is 5.16. The summed E-state index contributed by atoms with van der Waals surface area (Å²) >= 11 is 0. The molecule has 0 aliphatic rings. The SMILES string of the molecule is CCNC(=O)CNc1ncc([N+](=O)[O-])cc1C. The maximum atomic E-state index is 11.2. The van der Waals surface area contributed by atoms with Crippen LogP contribution in [-0.2, 0) is 4.79 Å². The van der Waals surface area contributed by atoms with Crippen LogP contribution in [0.5, 0.6) is 0 Å². The van der Waals surface area contributed by atoms with Crippen LogP contribution in [-0.4, -0.2) is 28.9 Å². The van der Waals surface area contributed by atoms with Gasteiger partial charge in [-0.05, 0) is 19.4 Å². The Kier molecular flexibility index (Phi) is 4.38. The predicted molar refractivity (Wildman–Crippen MR) is 62.8 cm³/mol. The molecule has 0 aliphatic carbocycles. The lowest BCUT2D eigenvalue weighted by Gasteiger charge is -2.07. The number of pyridine rings is 1. The highest BCUT2D eigenvalue weighted by molar-refractivity contribution is 5.80. The summed E-state index contributed by atoms with van der Waals surface area (Å²) in [7, 11) is 0. The molecular formula is C10H14N4O3. The molecule has 0 spiro atoms. The fourth-order valence-corrected chi connectivity index (χ4v) is 1.27. The number of carbonyl (C=O) groups excluding carboxylic acids is 1. The second-order valence-electron chi connectivity index (χ2n) is 3.42. The predicted octanol–water partition coefficient (Wildman–Crippen LogP) is 0.846. The van der Waals surface area contributed by atoms with Gasteiger partial charge < -0.3 is 10.6 Å². The average Bonchev–Trinajstić information content (AvgIpc) is 2.27. The summed E-state index contributed by atoms with van der Waals surface area (Å²) in [5.74, 6) is 0.328. The van der Waals surface area contributed by atoms with Crippen molar-refractivity contribution < 1.29 is 9.72 Å². The number of hydrogen-bond donors (Lipinski definition) is 2. The Morgan fingerprint density at radius 3 is 2.82 bits per heavy atom. The van der Waals surface area contributed by atoms with Crippen LogP contribution in [0, 0.1) is 17.0 Å². The van der Waals surface area contributed by atoms with Gasteiger partial charge in [0.05, 0.1) is 11.5 Å². The average molecular weight is 238 g/mol. The molecule has 0 saturated carbocycles. The minimum absolute atomic E-state index is 0.0638. The van der Waals surface area contributed by atoms with Gasteiger partial charge >= 0.3 is 0 Å². The molecule has 2 N–H and O–H groups in total. The summed E-state index contributed by atoms with van der Waals surface area (Å²) in [6.07, 6.45) is 1.16. The first kappa shape index (κ1) is 12.9. The van der Waals surface area contributed by atoms with Crippen molar-refractivity contribution in [2.45, 2.75) is 13.8 Å². The summed E-state index contributed by atoms with van der Waals surface area (Å²) in [6.45, 7) is 4.18. The van der Waals surface area contributed by atoms with E-state index in [-0.39, 0.29) is 18.1 Å². The lowest BCUT2D eigenvalue weighted by Crippen LogP contribution is -2.29. The summed E-state index contributed by atoms with van der Waals surface area (Å²) in [5, 5.41) is 15.9. The van der Waals surface area contributed by atoms with E-state index in [4.69, 9.17) is 0 Å². The molecule has 1 rings (SSSR count). The van der Waals surface area contributed by atoms with E-state index in [1.807, 2.05) is 6.92 Å². The van der Waals surface area contributed by atoms with Crippen molar-refractivity contribution in [2.75, 3.05) is 18.4 Å². The van der Waals surface area contributed by atoms with E-state index < -0.39 is 4.92 Å². The van der Waals surface area contributed by atoms with E-state index in [9.17, 15) is 14.9 Å². The van der Waals surface area contributed by atoms with Gasteiger partial charge in [0.25, 0.3) is 5.69 Å². The highest BCUT2D eigenvalue weighted by Gasteiger charge is 2.09. The van der Waals surface area contributed by atoms with Crippen molar-refractivity contribution in [3.63, 3.8) is 0 Å². The Morgan fingerprint density at radius 1 is 1.59 bits per heavy atom. The molecule has 0 aromatic carbocycles. The summed E-state index contributed by atoms with van der Waals surface area (Å²) in [6, 6.07) is 1.41. The normalized spacial score (nSPS) is 9.76. The molecule has 0 saturated heterocycles. The molecule has 0 radical (unpaired) electrons. The number of nitro groups is 1. The zero-order valence-electron chi connectivity index (χ0n) is 9.69. The molecule has 0 fully saturated rings.